The summed E-state index contributed by atoms with van der Waals surface area (Å²) in [6.07, 6.45) is 5.25. The summed E-state index contributed by atoms with van der Waals surface area (Å²) in [4.78, 5) is 17.8. The molecule has 214 valence electrons. The van der Waals surface area contributed by atoms with Gasteiger partial charge in [0.2, 0.25) is 11.6 Å². The predicted octanol–water partition coefficient (Wildman–Crippen LogP) is 4.16. The maximum atomic E-state index is 15.3. The molecule has 1 saturated heterocycles. The monoisotopic (exact) mass is 595 g/mol. The van der Waals surface area contributed by atoms with E-state index in [1.807, 2.05) is 0 Å². The highest BCUT2D eigenvalue weighted by atomic mass is 35.5. The summed E-state index contributed by atoms with van der Waals surface area (Å²) in [6, 6.07) is 8.10. The van der Waals surface area contributed by atoms with Gasteiger partial charge in [0.25, 0.3) is 6.43 Å². The summed E-state index contributed by atoms with van der Waals surface area (Å²) in [5, 5.41) is 28.8. The average Bonchev–Trinajstić information content (AvgIpc) is 3.77. The topological polar surface area (TPSA) is 122 Å². The zero-order valence-corrected chi connectivity index (χ0v) is 22.4. The van der Waals surface area contributed by atoms with Crippen molar-refractivity contribution in [2.24, 2.45) is 0 Å². The molecule has 6 rings (SSSR count). The molecule has 4 aromatic heterocycles. The third kappa shape index (κ3) is 5.16. The van der Waals surface area contributed by atoms with E-state index < -0.39 is 18.3 Å². The van der Waals surface area contributed by atoms with Crippen LogP contribution in [-0.2, 0) is 4.79 Å². The van der Waals surface area contributed by atoms with Crippen molar-refractivity contribution in [1.29, 1.82) is 0 Å². The molecule has 11 nitrogen and oxygen atoms in total. The second-order valence-electron chi connectivity index (χ2n) is 9.62. The van der Waals surface area contributed by atoms with Gasteiger partial charge in [0.1, 0.15) is 12.0 Å². The fraction of sp³-hybridized carbons (Fsp3) is 0.222. The number of hydrogen-bond donors (Lipinski definition) is 0. The highest BCUT2D eigenvalue weighted by molar-refractivity contribution is 6.31. The minimum atomic E-state index is -2.74. The minimum absolute atomic E-state index is 0.0196. The average molecular weight is 596 g/mol. The van der Waals surface area contributed by atoms with Crippen LogP contribution in [0.4, 0.5) is 13.2 Å². The SMILES string of the molecule is O=C1CCCN1CC(c1ccc(-c2c(-n3cnnn3)ccc(Cl)c2F)c[n+]1[O-])n1cc(-c2ccnc(C(F)F)c2)cn1. The largest absolute Gasteiger partial charge is 0.618 e. The lowest BCUT2D eigenvalue weighted by molar-refractivity contribution is -0.615. The van der Waals surface area contributed by atoms with E-state index in [4.69, 9.17) is 11.6 Å². The lowest BCUT2D eigenvalue weighted by Gasteiger charge is -2.23. The molecule has 1 aliphatic heterocycles. The molecule has 1 fully saturated rings. The molecule has 42 heavy (non-hydrogen) atoms. The molecule has 5 aromatic rings. The van der Waals surface area contributed by atoms with E-state index >= 15 is 4.39 Å². The molecule has 1 unspecified atom stereocenters. The maximum Gasteiger partial charge on any atom is 0.280 e. The number of rotatable bonds is 8. The molecule has 1 aromatic carbocycles. The Bertz CT molecular complexity index is 1760. The lowest BCUT2D eigenvalue weighted by Crippen LogP contribution is -2.40. The van der Waals surface area contributed by atoms with Crippen molar-refractivity contribution >= 4 is 17.5 Å². The van der Waals surface area contributed by atoms with Crippen molar-refractivity contribution in [2.45, 2.75) is 25.3 Å². The number of carbonyl (C=O) groups is 1. The number of hydrogen-bond acceptors (Lipinski definition) is 7. The normalized spacial score (nSPS) is 14.2. The van der Waals surface area contributed by atoms with Gasteiger partial charge in [-0.05, 0) is 52.7 Å². The van der Waals surface area contributed by atoms with Gasteiger partial charge in [0.05, 0.1) is 34.6 Å². The van der Waals surface area contributed by atoms with E-state index in [9.17, 15) is 18.8 Å². The van der Waals surface area contributed by atoms with Crippen LogP contribution in [0.1, 0.15) is 36.7 Å². The number of amides is 1. The summed E-state index contributed by atoms with van der Waals surface area (Å²) in [6.45, 7) is 0.660. The fourth-order valence-electron chi connectivity index (χ4n) is 5.00. The number of alkyl halides is 2. The predicted molar refractivity (Wildman–Crippen MR) is 143 cm³/mol. The van der Waals surface area contributed by atoms with E-state index in [0.29, 0.717) is 35.2 Å². The van der Waals surface area contributed by atoms with Gasteiger partial charge in [-0.25, -0.2) is 13.2 Å². The summed E-state index contributed by atoms with van der Waals surface area (Å²) in [5.74, 6) is -0.807. The first-order valence-electron chi connectivity index (χ1n) is 12.8. The van der Waals surface area contributed by atoms with Crippen LogP contribution in [0, 0.1) is 11.0 Å². The molecular formula is C27H21ClF3N9O2. The second-order valence-corrected chi connectivity index (χ2v) is 10.0. The third-order valence-electron chi connectivity index (χ3n) is 7.07. The Morgan fingerprint density at radius 3 is 2.69 bits per heavy atom. The van der Waals surface area contributed by atoms with Gasteiger partial charge >= 0.3 is 0 Å². The van der Waals surface area contributed by atoms with E-state index in [-0.39, 0.29) is 45.7 Å². The second kappa shape index (κ2) is 11.2. The molecule has 15 heteroatoms. The van der Waals surface area contributed by atoms with Crippen LogP contribution in [0.5, 0.6) is 0 Å². The number of aromatic nitrogens is 8. The zero-order valence-electron chi connectivity index (χ0n) is 21.7. The lowest BCUT2D eigenvalue weighted by atomic mass is 10.0. The number of nitrogens with zero attached hydrogens (tertiary/aromatic N) is 9. The Balaban J connectivity index is 1.41. The molecule has 0 radical (unpaired) electrons. The molecule has 0 saturated carbocycles. The van der Waals surface area contributed by atoms with Crippen molar-refractivity contribution in [3.05, 3.63) is 94.9 Å². The molecule has 0 bridgehead atoms. The Labute approximate surface area is 241 Å². The van der Waals surface area contributed by atoms with Gasteiger partial charge in [-0.15, -0.1) is 5.10 Å². The highest BCUT2D eigenvalue weighted by Gasteiger charge is 2.31. The summed E-state index contributed by atoms with van der Waals surface area (Å²) in [7, 11) is 0. The van der Waals surface area contributed by atoms with Gasteiger partial charge < -0.3 is 10.1 Å². The Morgan fingerprint density at radius 2 is 1.98 bits per heavy atom. The standard InChI is InChI=1S/C27H21ClF3N9O2/c28-19-4-6-22(39-15-33-35-36-39)25(26(19)29)17-3-5-21(40(42)13-17)23(14-37-9-1-2-24(37)41)38-12-18(11-34-38)16-7-8-32-20(10-16)27(30)31/h3-8,10-13,15,23,27H,1-2,9,14H2. The quantitative estimate of drug-likeness (QED) is 0.195. The van der Waals surface area contributed by atoms with Gasteiger partial charge in [0, 0.05) is 37.0 Å². The number of benzene rings is 1. The molecular weight excluding hydrogens is 575 g/mol. The van der Waals surface area contributed by atoms with Gasteiger partial charge in [0.15, 0.2) is 18.1 Å². The third-order valence-corrected chi connectivity index (χ3v) is 7.36. The van der Waals surface area contributed by atoms with Crippen LogP contribution in [0.3, 0.4) is 0 Å². The van der Waals surface area contributed by atoms with Crippen molar-refractivity contribution in [3.63, 3.8) is 0 Å². The Morgan fingerprint density at radius 1 is 1.12 bits per heavy atom. The minimum Gasteiger partial charge on any atom is -0.618 e. The molecule has 0 spiro atoms. The van der Waals surface area contributed by atoms with Crippen molar-refractivity contribution in [2.75, 3.05) is 13.1 Å². The van der Waals surface area contributed by atoms with Crippen LogP contribution in [-0.4, -0.2) is 58.9 Å². The summed E-state index contributed by atoms with van der Waals surface area (Å²) >= 11 is 6.07. The zero-order chi connectivity index (χ0) is 29.4. The first-order chi connectivity index (χ1) is 20.3. The smallest absolute Gasteiger partial charge is 0.280 e. The number of tetrazole rings is 1. The molecule has 5 heterocycles. The molecule has 0 N–H and O–H groups in total. The summed E-state index contributed by atoms with van der Waals surface area (Å²) < 4.78 is 45.1. The number of halogens is 4. The first kappa shape index (κ1) is 27.3. The highest BCUT2D eigenvalue weighted by Crippen LogP contribution is 2.34. The van der Waals surface area contributed by atoms with Crippen LogP contribution in [0.2, 0.25) is 5.02 Å². The molecule has 0 aliphatic carbocycles. The van der Waals surface area contributed by atoms with Crippen molar-refractivity contribution < 1.29 is 22.7 Å². The fourth-order valence-corrected chi connectivity index (χ4v) is 5.16. The Hall–Kier alpha value is -4.85. The summed E-state index contributed by atoms with van der Waals surface area (Å²) in [5.41, 5.74) is 1.35. The van der Waals surface area contributed by atoms with Gasteiger partial charge in [-0.2, -0.15) is 14.5 Å². The van der Waals surface area contributed by atoms with Crippen molar-refractivity contribution in [3.8, 4) is 27.9 Å². The van der Waals surface area contributed by atoms with Crippen LogP contribution < -0.4 is 4.73 Å². The van der Waals surface area contributed by atoms with Gasteiger partial charge in [-0.3, -0.25) is 14.5 Å². The van der Waals surface area contributed by atoms with E-state index in [0.717, 1.165) is 0 Å². The van der Waals surface area contributed by atoms with E-state index in [2.05, 4.69) is 25.6 Å². The van der Waals surface area contributed by atoms with E-state index in [1.165, 1.54) is 58.5 Å². The first-order valence-corrected chi connectivity index (χ1v) is 13.2. The van der Waals surface area contributed by atoms with Gasteiger partial charge in [-0.1, -0.05) is 11.6 Å². The number of likely N-dealkylation sites (tertiary alicyclic amines) is 1. The van der Waals surface area contributed by atoms with Crippen molar-refractivity contribution in [1.82, 2.24) is 39.9 Å². The molecule has 1 amide bonds. The number of pyridine rings is 2. The molecule has 1 atom stereocenters. The molecule has 1 aliphatic rings. The Kier molecular flexibility index (Phi) is 7.29. The van der Waals surface area contributed by atoms with Crippen LogP contribution in [0.15, 0.2) is 67.5 Å². The van der Waals surface area contributed by atoms with E-state index in [1.54, 1.807) is 23.2 Å². The maximum absolute atomic E-state index is 15.3. The number of carbonyl (C=O) groups excluding carboxylic acids is 1. The van der Waals surface area contributed by atoms with Crippen LogP contribution in [0.25, 0.3) is 27.9 Å². The van der Waals surface area contributed by atoms with Crippen LogP contribution >= 0.6 is 11.6 Å².